The molecule has 0 saturated carbocycles. The van der Waals surface area contributed by atoms with E-state index in [0.717, 1.165) is 0 Å². The molecule has 0 unspecified atom stereocenters. The molecule has 0 spiro atoms. The van der Waals surface area contributed by atoms with Crippen LogP contribution in [0.1, 0.15) is 74.9 Å². The Bertz CT molecular complexity index is 3520. The van der Waals surface area contributed by atoms with E-state index in [9.17, 15) is 0 Å². The fourth-order valence-electron chi connectivity index (χ4n) is 10.8. The van der Waals surface area contributed by atoms with Crippen LogP contribution in [0.25, 0.3) is 98.0 Å². The van der Waals surface area contributed by atoms with Gasteiger partial charge in [-0.1, -0.05) is 248 Å². The highest BCUT2D eigenvalue weighted by Crippen LogP contribution is 2.44. The third-order valence-corrected chi connectivity index (χ3v) is 14.4. The number of benzene rings is 12. The van der Waals surface area contributed by atoms with E-state index >= 15 is 0 Å². The van der Waals surface area contributed by atoms with Gasteiger partial charge in [0.05, 0.1) is 0 Å². The number of hydrogen-bond donors (Lipinski definition) is 0. The summed E-state index contributed by atoms with van der Waals surface area (Å²) in [5.74, 6) is 0. The van der Waals surface area contributed by atoms with Gasteiger partial charge < -0.3 is 0 Å². The zero-order valence-corrected chi connectivity index (χ0v) is 38.6. The summed E-state index contributed by atoms with van der Waals surface area (Å²) in [6, 6.07) is 78.2. The molecule has 0 heterocycles. The van der Waals surface area contributed by atoms with Gasteiger partial charge >= 0.3 is 0 Å². The van der Waals surface area contributed by atoms with Gasteiger partial charge in [0.1, 0.15) is 0 Å². The standard InChI is InChI=1S/C66H52/c1-65(2,3)53-33-25-49(26-34-53)60(50-27-35-54(36-28-50)66(4,5)6)59(47-17-13-41(14-18-47)55-37-29-51-23-21-43-9-7-11-45-31-39-57(55)63(51)61(43)45)48-19-15-42(16-20-48)56-38-30-52-24-22-44-10-8-12-46-32-40-58(56)64(52)62(44)46/h7-40H,1-6H3. The maximum Gasteiger partial charge on any atom is -0.00206 e. The topological polar surface area (TPSA) is 0 Å². The molecule has 0 aliphatic heterocycles. The Balaban J connectivity index is 1.06. The van der Waals surface area contributed by atoms with Crippen LogP contribution in [0.4, 0.5) is 0 Å². The van der Waals surface area contributed by atoms with Crippen LogP contribution in [-0.2, 0) is 10.8 Å². The second-order valence-electron chi connectivity index (χ2n) is 20.5. The van der Waals surface area contributed by atoms with Crippen LogP contribution >= 0.6 is 0 Å². The zero-order valence-electron chi connectivity index (χ0n) is 38.6. The van der Waals surface area contributed by atoms with Gasteiger partial charge in [0, 0.05) is 0 Å². The Hall–Kier alpha value is -7.54. The van der Waals surface area contributed by atoms with E-state index in [1.807, 2.05) is 0 Å². The minimum absolute atomic E-state index is 0.0432. The quantitative estimate of drug-likeness (QED) is 0.116. The lowest BCUT2D eigenvalue weighted by atomic mass is 9.81. The van der Waals surface area contributed by atoms with E-state index in [-0.39, 0.29) is 10.8 Å². The monoisotopic (exact) mass is 844 g/mol. The van der Waals surface area contributed by atoms with Crippen molar-refractivity contribution < 1.29 is 0 Å². The van der Waals surface area contributed by atoms with E-state index in [4.69, 9.17) is 0 Å². The summed E-state index contributed by atoms with van der Waals surface area (Å²) in [5, 5.41) is 15.7. The molecule has 0 amide bonds. The fraction of sp³-hybridized carbons (Fsp3) is 0.121. The lowest BCUT2D eigenvalue weighted by Gasteiger charge is -2.23. The lowest BCUT2D eigenvalue weighted by Crippen LogP contribution is -2.11. The molecule has 0 fully saturated rings. The molecule has 316 valence electrons. The van der Waals surface area contributed by atoms with Gasteiger partial charge in [-0.05, 0) is 142 Å². The number of hydrogen-bond acceptors (Lipinski definition) is 0. The van der Waals surface area contributed by atoms with Crippen molar-refractivity contribution in [2.24, 2.45) is 0 Å². The fourth-order valence-corrected chi connectivity index (χ4v) is 10.8. The first-order chi connectivity index (χ1) is 32.0. The van der Waals surface area contributed by atoms with Crippen LogP contribution in [0.2, 0.25) is 0 Å². The molecule has 0 N–H and O–H groups in total. The summed E-state index contributed by atoms with van der Waals surface area (Å²) in [7, 11) is 0. The largest absolute Gasteiger partial charge is 0.0610 e. The van der Waals surface area contributed by atoms with E-state index in [2.05, 4.69) is 248 Å². The summed E-state index contributed by atoms with van der Waals surface area (Å²) >= 11 is 0. The highest BCUT2D eigenvalue weighted by molar-refractivity contribution is 6.26. The van der Waals surface area contributed by atoms with Crippen molar-refractivity contribution in [3.63, 3.8) is 0 Å². The van der Waals surface area contributed by atoms with Crippen molar-refractivity contribution in [2.45, 2.75) is 52.4 Å². The van der Waals surface area contributed by atoms with Crippen LogP contribution in [-0.4, -0.2) is 0 Å². The highest BCUT2D eigenvalue weighted by Gasteiger charge is 2.22. The smallest absolute Gasteiger partial charge is 0.00206 e. The van der Waals surface area contributed by atoms with E-state index in [1.165, 1.54) is 131 Å². The van der Waals surface area contributed by atoms with Crippen molar-refractivity contribution in [1.82, 2.24) is 0 Å². The van der Waals surface area contributed by atoms with Crippen molar-refractivity contribution in [3.8, 4) is 22.3 Å². The first-order valence-corrected chi connectivity index (χ1v) is 23.5. The predicted molar refractivity (Wildman–Crippen MR) is 286 cm³/mol. The van der Waals surface area contributed by atoms with E-state index in [0.29, 0.717) is 0 Å². The zero-order chi connectivity index (χ0) is 44.9. The van der Waals surface area contributed by atoms with Gasteiger partial charge in [-0.25, -0.2) is 0 Å². The van der Waals surface area contributed by atoms with Gasteiger partial charge in [-0.15, -0.1) is 0 Å². The Morgan fingerprint density at radius 3 is 0.848 bits per heavy atom. The summed E-state index contributed by atoms with van der Waals surface area (Å²) < 4.78 is 0. The molecule has 0 nitrogen and oxygen atoms in total. The average Bonchev–Trinajstić information content (AvgIpc) is 3.34. The predicted octanol–water partition coefficient (Wildman–Crippen LogP) is 18.4. The van der Waals surface area contributed by atoms with Crippen molar-refractivity contribution >= 4 is 75.8 Å². The molecule has 0 radical (unpaired) electrons. The van der Waals surface area contributed by atoms with Gasteiger partial charge in [-0.3, -0.25) is 0 Å². The molecule has 0 heteroatoms. The Morgan fingerprint density at radius 1 is 0.258 bits per heavy atom. The molecule has 0 bridgehead atoms. The van der Waals surface area contributed by atoms with Crippen molar-refractivity contribution in [2.75, 3.05) is 0 Å². The van der Waals surface area contributed by atoms with Crippen LogP contribution < -0.4 is 0 Å². The van der Waals surface area contributed by atoms with Gasteiger partial charge in [0.15, 0.2) is 0 Å². The molecule has 0 saturated heterocycles. The molecule has 0 aliphatic rings. The molecule has 12 rings (SSSR count). The molecule has 66 heavy (non-hydrogen) atoms. The molecule has 12 aromatic rings. The highest BCUT2D eigenvalue weighted by atomic mass is 14.3. The second-order valence-corrected chi connectivity index (χ2v) is 20.5. The first-order valence-electron chi connectivity index (χ1n) is 23.5. The van der Waals surface area contributed by atoms with Gasteiger partial charge in [0.25, 0.3) is 0 Å². The normalized spacial score (nSPS) is 12.4. The van der Waals surface area contributed by atoms with Crippen LogP contribution in [0.5, 0.6) is 0 Å². The van der Waals surface area contributed by atoms with Crippen molar-refractivity contribution in [3.05, 3.63) is 240 Å². The second kappa shape index (κ2) is 15.0. The van der Waals surface area contributed by atoms with Gasteiger partial charge in [-0.2, -0.15) is 0 Å². The third kappa shape index (κ3) is 6.58. The molecule has 0 aliphatic carbocycles. The molecule has 0 atom stereocenters. The Kier molecular flexibility index (Phi) is 9.10. The first kappa shape index (κ1) is 40.0. The van der Waals surface area contributed by atoms with Crippen LogP contribution in [0.3, 0.4) is 0 Å². The lowest BCUT2D eigenvalue weighted by molar-refractivity contribution is 0.590. The van der Waals surface area contributed by atoms with E-state index in [1.54, 1.807) is 0 Å². The SMILES string of the molecule is CC(C)(C)c1ccc(C(=C(c2ccc(-c3ccc4ccc5cccc6ccc3c4c56)cc2)c2ccc(-c3ccc4ccc5cccc6ccc3c4c56)cc2)c2ccc(C(C)(C)C)cc2)cc1. The minimum atomic E-state index is 0.0432. The van der Waals surface area contributed by atoms with Crippen molar-refractivity contribution in [1.29, 1.82) is 0 Å². The molecule has 12 aromatic carbocycles. The average molecular weight is 845 g/mol. The molecular weight excluding hydrogens is 793 g/mol. The summed E-state index contributed by atoms with van der Waals surface area (Å²) in [4.78, 5) is 0. The summed E-state index contributed by atoms with van der Waals surface area (Å²) in [6.07, 6.45) is 0. The summed E-state index contributed by atoms with van der Waals surface area (Å²) in [6.45, 7) is 13.8. The Morgan fingerprint density at radius 2 is 0.530 bits per heavy atom. The number of rotatable bonds is 6. The van der Waals surface area contributed by atoms with Gasteiger partial charge in [0.2, 0.25) is 0 Å². The maximum absolute atomic E-state index is 2.35. The Labute approximate surface area is 388 Å². The minimum Gasteiger partial charge on any atom is -0.0610 e. The maximum atomic E-state index is 2.35. The summed E-state index contributed by atoms with van der Waals surface area (Å²) in [5.41, 5.74) is 14.9. The molecule has 0 aromatic heterocycles. The molecular formula is C66H52. The van der Waals surface area contributed by atoms with Crippen LogP contribution in [0, 0.1) is 0 Å². The van der Waals surface area contributed by atoms with E-state index < -0.39 is 0 Å². The third-order valence-electron chi connectivity index (χ3n) is 14.4. The van der Waals surface area contributed by atoms with Crippen LogP contribution in [0.15, 0.2) is 206 Å².